The van der Waals surface area contributed by atoms with Gasteiger partial charge in [0, 0.05) is 6.07 Å². The van der Waals surface area contributed by atoms with Crippen molar-refractivity contribution < 1.29 is 9.53 Å². The molecule has 3 rings (SSSR count). The van der Waals surface area contributed by atoms with Crippen LogP contribution < -0.4 is 10.1 Å². The third-order valence-corrected chi connectivity index (χ3v) is 4.10. The van der Waals surface area contributed by atoms with Crippen LogP contribution in [0.5, 0.6) is 5.75 Å². The van der Waals surface area contributed by atoms with E-state index in [0.717, 1.165) is 12.0 Å². The largest absolute Gasteiger partial charge is 0.484 e. The first-order chi connectivity index (χ1) is 12.6. The average molecular weight is 349 g/mol. The van der Waals surface area contributed by atoms with Gasteiger partial charge in [-0.1, -0.05) is 48.9 Å². The predicted molar refractivity (Wildman–Crippen MR) is 102 cm³/mol. The van der Waals surface area contributed by atoms with Crippen LogP contribution in [0.15, 0.2) is 60.8 Å². The van der Waals surface area contributed by atoms with Gasteiger partial charge in [-0.25, -0.2) is 4.68 Å². The van der Waals surface area contributed by atoms with Crippen LogP contribution in [0.3, 0.4) is 0 Å². The topological polar surface area (TPSA) is 56.1 Å². The minimum atomic E-state index is -0.212. The van der Waals surface area contributed by atoms with Gasteiger partial charge in [0.05, 0.1) is 12.7 Å². The lowest BCUT2D eigenvalue weighted by molar-refractivity contribution is -0.118. The van der Waals surface area contributed by atoms with Gasteiger partial charge in [-0.3, -0.25) is 4.79 Å². The van der Waals surface area contributed by atoms with E-state index in [4.69, 9.17) is 4.74 Å². The number of anilines is 1. The molecule has 3 aromatic rings. The Kier molecular flexibility index (Phi) is 5.69. The molecule has 0 saturated carbocycles. The second-order valence-corrected chi connectivity index (χ2v) is 6.20. The fraction of sp³-hybridized carbons (Fsp3) is 0.238. The summed E-state index contributed by atoms with van der Waals surface area (Å²) in [6.07, 6.45) is 2.65. The molecule has 0 aliphatic carbocycles. The van der Waals surface area contributed by atoms with Crippen molar-refractivity contribution in [3.8, 4) is 5.75 Å². The van der Waals surface area contributed by atoms with Crippen molar-refractivity contribution in [3.05, 3.63) is 77.5 Å². The first-order valence-electron chi connectivity index (χ1n) is 8.73. The predicted octanol–water partition coefficient (Wildman–Crippen LogP) is 3.82. The molecule has 5 nitrogen and oxygen atoms in total. The van der Waals surface area contributed by atoms with Crippen LogP contribution >= 0.6 is 0 Å². The smallest absolute Gasteiger partial charge is 0.263 e. The van der Waals surface area contributed by atoms with Gasteiger partial charge in [-0.2, -0.15) is 5.10 Å². The molecule has 5 heteroatoms. The van der Waals surface area contributed by atoms with E-state index >= 15 is 0 Å². The Hall–Kier alpha value is -3.08. The summed E-state index contributed by atoms with van der Waals surface area (Å²) in [5.74, 6) is 1.13. The fourth-order valence-electron chi connectivity index (χ4n) is 2.70. The van der Waals surface area contributed by atoms with Crippen molar-refractivity contribution >= 4 is 11.7 Å². The van der Waals surface area contributed by atoms with E-state index in [1.54, 1.807) is 16.9 Å². The van der Waals surface area contributed by atoms with E-state index in [9.17, 15) is 4.79 Å². The minimum absolute atomic E-state index is 0.0406. The summed E-state index contributed by atoms with van der Waals surface area (Å²) >= 11 is 0. The number of carbonyl (C=O) groups excluding carboxylic acids is 1. The molecule has 0 atom stereocenters. The van der Waals surface area contributed by atoms with Crippen LogP contribution in [-0.4, -0.2) is 22.3 Å². The van der Waals surface area contributed by atoms with E-state index in [-0.39, 0.29) is 12.5 Å². The number of ether oxygens (including phenoxy) is 1. The number of carbonyl (C=O) groups is 1. The van der Waals surface area contributed by atoms with Gasteiger partial charge in [0.1, 0.15) is 11.6 Å². The Morgan fingerprint density at radius 1 is 1.12 bits per heavy atom. The number of amides is 1. The number of nitrogens with one attached hydrogen (secondary N) is 1. The first kappa shape index (κ1) is 17.7. The number of nitrogens with zero attached hydrogens (tertiary/aromatic N) is 2. The van der Waals surface area contributed by atoms with Crippen LogP contribution in [0, 0.1) is 6.92 Å². The fourth-order valence-corrected chi connectivity index (χ4v) is 2.70. The van der Waals surface area contributed by atoms with Crippen LogP contribution in [0.2, 0.25) is 0 Å². The third-order valence-electron chi connectivity index (χ3n) is 4.10. The van der Waals surface area contributed by atoms with Crippen LogP contribution in [0.1, 0.15) is 23.6 Å². The number of hydrogen-bond donors (Lipinski definition) is 1. The molecule has 0 aliphatic rings. The lowest BCUT2D eigenvalue weighted by Crippen LogP contribution is -2.22. The average Bonchev–Trinajstić information content (AvgIpc) is 3.07. The molecule has 1 N–H and O–H groups in total. The van der Waals surface area contributed by atoms with Crippen molar-refractivity contribution in [1.82, 2.24) is 9.78 Å². The molecule has 0 saturated heterocycles. The van der Waals surface area contributed by atoms with E-state index < -0.39 is 0 Å². The number of aryl methyl sites for hydroxylation is 2. The summed E-state index contributed by atoms with van der Waals surface area (Å²) in [6, 6.07) is 17.8. The van der Waals surface area contributed by atoms with E-state index in [1.165, 1.54) is 11.1 Å². The molecule has 0 unspecified atom stereocenters. The Balaban J connectivity index is 1.57. The van der Waals surface area contributed by atoms with Gasteiger partial charge in [0.25, 0.3) is 5.91 Å². The zero-order chi connectivity index (χ0) is 18.4. The summed E-state index contributed by atoms with van der Waals surface area (Å²) in [6.45, 7) is 4.72. The highest BCUT2D eigenvalue weighted by molar-refractivity contribution is 5.91. The van der Waals surface area contributed by atoms with Gasteiger partial charge in [-0.05, 0) is 36.6 Å². The van der Waals surface area contributed by atoms with Crippen molar-refractivity contribution in [1.29, 1.82) is 0 Å². The number of benzene rings is 2. The quantitative estimate of drug-likeness (QED) is 0.705. The first-order valence-corrected chi connectivity index (χ1v) is 8.73. The zero-order valence-electron chi connectivity index (χ0n) is 15.1. The summed E-state index contributed by atoms with van der Waals surface area (Å²) in [4.78, 5) is 12.2. The molecule has 0 bridgehead atoms. The molecule has 0 aliphatic heterocycles. The molecule has 134 valence electrons. The Labute approximate surface area is 153 Å². The van der Waals surface area contributed by atoms with E-state index in [1.807, 2.05) is 36.4 Å². The molecule has 0 spiro atoms. The standard InChI is InChI=1S/C21H23N3O2/c1-3-17-7-9-19(10-8-17)26-15-21(25)23-20-11-12-22-24(20)14-18-6-4-5-16(2)13-18/h4-13H,3,14-15H2,1-2H3,(H,23,25). The molecule has 0 fully saturated rings. The maximum absolute atomic E-state index is 12.2. The monoisotopic (exact) mass is 349 g/mol. The van der Waals surface area contributed by atoms with Crippen molar-refractivity contribution in [2.75, 3.05) is 11.9 Å². The number of aromatic nitrogens is 2. The van der Waals surface area contributed by atoms with Gasteiger partial charge >= 0.3 is 0 Å². The highest BCUT2D eigenvalue weighted by Gasteiger charge is 2.09. The summed E-state index contributed by atoms with van der Waals surface area (Å²) in [7, 11) is 0. The molecular formula is C21H23N3O2. The van der Waals surface area contributed by atoms with Crippen LogP contribution in [0.25, 0.3) is 0 Å². The third kappa shape index (κ3) is 4.72. The Morgan fingerprint density at radius 2 is 1.92 bits per heavy atom. The second kappa shape index (κ2) is 8.34. The van der Waals surface area contributed by atoms with Crippen molar-refractivity contribution in [2.45, 2.75) is 26.8 Å². The molecule has 2 aromatic carbocycles. The number of hydrogen-bond acceptors (Lipinski definition) is 3. The normalized spacial score (nSPS) is 10.5. The summed E-state index contributed by atoms with van der Waals surface area (Å²) in [5, 5.41) is 7.15. The Morgan fingerprint density at radius 3 is 2.65 bits per heavy atom. The highest BCUT2D eigenvalue weighted by Crippen LogP contribution is 2.14. The van der Waals surface area contributed by atoms with Gasteiger partial charge in [0.15, 0.2) is 6.61 Å². The van der Waals surface area contributed by atoms with E-state index in [2.05, 4.69) is 36.4 Å². The summed E-state index contributed by atoms with van der Waals surface area (Å²) < 4.78 is 7.31. The lowest BCUT2D eigenvalue weighted by Gasteiger charge is -2.10. The number of rotatable bonds is 7. The Bertz CT molecular complexity index is 869. The SMILES string of the molecule is CCc1ccc(OCC(=O)Nc2ccnn2Cc2cccc(C)c2)cc1. The molecule has 26 heavy (non-hydrogen) atoms. The minimum Gasteiger partial charge on any atom is -0.484 e. The van der Waals surface area contributed by atoms with Gasteiger partial charge in [-0.15, -0.1) is 0 Å². The zero-order valence-corrected chi connectivity index (χ0v) is 15.1. The van der Waals surface area contributed by atoms with E-state index in [0.29, 0.717) is 18.1 Å². The van der Waals surface area contributed by atoms with Gasteiger partial charge < -0.3 is 10.1 Å². The lowest BCUT2D eigenvalue weighted by atomic mass is 10.1. The highest BCUT2D eigenvalue weighted by atomic mass is 16.5. The molecule has 0 radical (unpaired) electrons. The molecule has 1 heterocycles. The van der Waals surface area contributed by atoms with Gasteiger partial charge in [0.2, 0.25) is 0 Å². The van der Waals surface area contributed by atoms with Crippen molar-refractivity contribution in [2.24, 2.45) is 0 Å². The van der Waals surface area contributed by atoms with Crippen LogP contribution in [0.4, 0.5) is 5.82 Å². The summed E-state index contributed by atoms with van der Waals surface area (Å²) in [5.41, 5.74) is 3.57. The maximum Gasteiger partial charge on any atom is 0.263 e. The second-order valence-electron chi connectivity index (χ2n) is 6.20. The van der Waals surface area contributed by atoms with Crippen molar-refractivity contribution in [3.63, 3.8) is 0 Å². The molecular weight excluding hydrogens is 326 g/mol. The van der Waals surface area contributed by atoms with Crippen LogP contribution in [-0.2, 0) is 17.8 Å². The molecule has 1 amide bonds. The molecule has 1 aromatic heterocycles. The maximum atomic E-state index is 12.2.